The van der Waals surface area contributed by atoms with Crippen molar-refractivity contribution >= 4 is 17.4 Å². The van der Waals surface area contributed by atoms with E-state index in [1.807, 2.05) is 5.01 Å². The highest BCUT2D eigenvalue weighted by molar-refractivity contribution is 8.03. The van der Waals surface area contributed by atoms with Crippen LogP contribution in [0, 0.1) is 0 Å². The monoisotopic (exact) mass is 235 g/mol. The first-order valence-electron chi connectivity index (χ1n) is 5.24. The van der Waals surface area contributed by atoms with E-state index < -0.39 is 0 Å². The number of nitrogens with one attached hydrogen (secondary N) is 1. The zero-order valence-electron chi connectivity index (χ0n) is 9.14. The molecular formula is C11H13N3OS. The molecule has 2 aliphatic rings. The summed E-state index contributed by atoms with van der Waals surface area (Å²) in [5.74, 6) is 0.508. The van der Waals surface area contributed by atoms with Crippen molar-refractivity contribution in [3.8, 4) is 0 Å². The van der Waals surface area contributed by atoms with Gasteiger partial charge in [0.25, 0.3) is 0 Å². The van der Waals surface area contributed by atoms with Gasteiger partial charge in [-0.2, -0.15) is 5.17 Å². The van der Waals surface area contributed by atoms with Gasteiger partial charge >= 0.3 is 0 Å². The second kappa shape index (κ2) is 3.41. The largest absolute Gasteiger partial charge is 0.272 e. The summed E-state index contributed by atoms with van der Waals surface area (Å²) in [4.78, 5) is 1.28. The van der Waals surface area contributed by atoms with Crippen LogP contribution in [0.4, 0.5) is 5.69 Å². The number of nitrogens with zero attached hydrogens (tertiary/aromatic N) is 2. The van der Waals surface area contributed by atoms with Gasteiger partial charge in [0.2, 0.25) is 0 Å². The molecule has 0 aliphatic carbocycles. The molecule has 4 nitrogen and oxygen atoms in total. The Bertz CT molecular complexity index is 472. The molecule has 0 radical (unpaired) electrons. The van der Waals surface area contributed by atoms with E-state index in [1.165, 1.54) is 10.5 Å². The number of anilines is 1. The lowest BCUT2D eigenvalue weighted by Gasteiger charge is -2.17. The first-order valence-corrected chi connectivity index (χ1v) is 6.05. The molecule has 0 fully saturated rings. The number of fused-ring (bicyclic) bond motifs is 3. The van der Waals surface area contributed by atoms with E-state index >= 15 is 0 Å². The SMILES string of the molecule is CC(C)c1cccc2c1SC1=CN(O)NN12. The maximum Gasteiger partial charge on any atom is 0.118 e. The molecule has 0 atom stereocenters. The second-order valence-corrected chi connectivity index (χ2v) is 5.23. The minimum Gasteiger partial charge on any atom is -0.272 e. The molecule has 1 aromatic rings. The fraction of sp³-hybridized carbons (Fsp3) is 0.273. The molecule has 0 unspecified atom stereocenters. The maximum atomic E-state index is 9.33. The summed E-state index contributed by atoms with van der Waals surface area (Å²) in [6, 6.07) is 6.27. The van der Waals surface area contributed by atoms with E-state index in [1.54, 1.807) is 18.0 Å². The van der Waals surface area contributed by atoms with Crippen molar-refractivity contribution in [3.63, 3.8) is 0 Å². The molecule has 84 valence electrons. The minimum absolute atomic E-state index is 0.508. The highest BCUT2D eigenvalue weighted by Crippen LogP contribution is 2.49. The molecule has 2 aliphatic heterocycles. The third-order valence-corrected chi connectivity index (χ3v) is 3.90. The topological polar surface area (TPSA) is 38.7 Å². The molecule has 0 saturated carbocycles. The molecule has 0 spiro atoms. The average molecular weight is 235 g/mol. The Hall–Kier alpha value is -1.17. The molecule has 0 amide bonds. The van der Waals surface area contributed by atoms with Gasteiger partial charge in [-0.25, -0.2) is 5.01 Å². The zero-order chi connectivity index (χ0) is 11.3. The van der Waals surface area contributed by atoms with E-state index in [-0.39, 0.29) is 0 Å². The van der Waals surface area contributed by atoms with Crippen molar-refractivity contribution in [2.24, 2.45) is 0 Å². The molecule has 16 heavy (non-hydrogen) atoms. The van der Waals surface area contributed by atoms with Crippen molar-refractivity contribution in [3.05, 3.63) is 35.0 Å². The van der Waals surface area contributed by atoms with Gasteiger partial charge in [0.05, 0.1) is 11.9 Å². The first kappa shape index (κ1) is 10.0. The number of hydroxylamine groups is 1. The van der Waals surface area contributed by atoms with Crippen molar-refractivity contribution in [2.45, 2.75) is 24.7 Å². The Kier molecular flexibility index (Phi) is 2.14. The van der Waals surface area contributed by atoms with E-state index in [0.29, 0.717) is 5.92 Å². The van der Waals surface area contributed by atoms with Crippen molar-refractivity contribution in [1.82, 2.24) is 10.7 Å². The Morgan fingerprint density at radius 1 is 1.38 bits per heavy atom. The highest BCUT2D eigenvalue weighted by atomic mass is 32.2. The summed E-state index contributed by atoms with van der Waals surface area (Å²) in [5.41, 5.74) is 5.31. The quantitative estimate of drug-likeness (QED) is 0.783. The minimum atomic E-state index is 0.508. The molecular weight excluding hydrogens is 222 g/mol. The zero-order valence-corrected chi connectivity index (χ0v) is 9.95. The summed E-state index contributed by atoms with van der Waals surface area (Å²) in [6.07, 6.45) is 1.68. The van der Waals surface area contributed by atoms with E-state index in [0.717, 1.165) is 15.9 Å². The molecule has 0 aromatic heterocycles. The average Bonchev–Trinajstić information content (AvgIpc) is 2.72. The number of rotatable bonds is 1. The van der Waals surface area contributed by atoms with Crippen LogP contribution in [0.2, 0.25) is 0 Å². The lowest BCUT2D eigenvalue weighted by Crippen LogP contribution is -2.37. The van der Waals surface area contributed by atoms with Gasteiger partial charge in [0.1, 0.15) is 5.03 Å². The van der Waals surface area contributed by atoms with Crippen molar-refractivity contribution in [2.75, 3.05) is 5.01 Å². The van der Waals surface area contributed by atoms with Crippen LogP contribution in [0.3, 0.4) is 0 Å². The smallest absolute Gasteiger partial charge is 0.118 e. The first-order chi connectivity index (χ1) is 7.66. The van der Waals surface area contributed by atoms with Crippen LogP contribution in [-0.2, 0) is 0 Å². The third-order valence-electron chi connectivity index (χ3n) is 2.75. The lowest BCUT2D eigenvalue weighted by atomic mass is 10.0. The molecule has 3 rings (SSSR count). The number of hydrogen-bond acceptors (Lipinski definition) is 5. The summed E-state index contributed by atoms with van der Waals surface area (Å²) >= 11 is 1.69. The van der Waals surface area contributed by atoms with Crippen LogP contribution >= 0.6 is 11.8 Å². The molecule has 0 bridgehead atoms. The standard InChI is InChI=1S/C11H13N3OS/c1-7(2)8-4-3-5-9-11(8)16-10-6-13(15)12-14(9)10/h3-7,12,15H,1-2H3. The Morgan fingerprint density at radius 3 is 2.94 bits per heavy atom. The highest BCUT2D eigenvalue weighted by Gasteiger charge is 2.32. The predicted octanol–water partition coefficient (Wildman–Crippen LogP) is 2.65. The van der Waals surface area contributed by atoms with Gasteiger partial charge in [-0.3, -0.25) is 5.21 Å². The summed E-state index contributed by atoms with van der Waals surface area (Å²) in [5, 5.41) is 13.2. The summed E-state index contributed by atoms with van der Waals surface area (Å²) < 4.78 is 0. The maximum absolute atomic E-state index is 9.33. The normalized spacial score (nSPS) is 17.9. The van der Waals surface area contributed by atoms with Crippen LogP contribution in [0.5, 0.6) is 0 Å². The van der Waals surface area contributed by atoms with Crippen molar-refractivity contribution in [1.29, 1.82) is 0 Å². The molecule has 2 heterocycles. The van der Waals surface area contributed by atoms with Crippen LogP contribution in [0.25, 0.3) is 0 Å². The van der Waals surface area contributed by atoms with Gasteiger partial charge in [-0.05, 0) is 17.5 Å². The molecule has 0 saturated heterocycles. The van der Waals surface area contributed by atoms with Gasteiger partial charge in [-0.1, -0.05) is 37.7 Å². The van der Waals surface area contributed by atoms with Crippen LogP contribution in [0.1, 0.15) is 25.3 Å². The van der Waals surface area contributed by atoms with E-state index in [4.69, 9.17) is 0 Å². The molecule has 1 aromatic carbocycles. The Balaban J connectivity index is 2.09. The summed E-state index contributed by atoms with van der Waals surface area (Å²) in [6.45, 7) is 4.39. The van der Waals surface area contributed by atoms with Gasteiger partial charge < -0.3 is 0 Å². The van der Waals surface area contributed by atoms with Crippen LogP contribution < -0.4 is 10.5 Å². The van der Waals surface area contributed by atoms with E-state index in [9.17, 15) is 5.21 Å². The number of hydrogen-bond donors (Lipinski definition) is 2. The van der Waals surface area contributed by atoms with Crippen LogP contribution in [0.15, 0.2) is 34.3 Å². The predicted molar refractivity (Wildman–Crippen MR) is 63.7 cm³/mol. The van der Waals surface area contributed by atoms with Gasteiger partial charge in [0, 0.05) is 4.90 Å². The second-order valence-electron chi connectivity index (χ2n) is 4.20. The van der Waals surface area contributed by atoms with Crippen molar-refractivity contribution < 1.29 is 5.21 Å². The van der Waals surface area contributed by atoms with Gasteiger partial charge in [-0.15, -0.1) is 5.53 Å². The van der Waals surface area contributed by atoms with E-state index in [2.05, 4.69) is 37.6 Å². The Labute approximate surface area is 98.4 Å². The number of hydrazine groups is 2. The molecule has 5 heteroatoms. The van der Waals surface area contributed by atoms with Crippen LogP contribution in [-0.4, -0.2) is 10.4 Å². The number of thioether (sulfide) groups is 1. The Morgan fingerprint density at radius 2 is 2.19 bits per heavy atom. The summed E-state index contributed by atoms with van der Waals surface area (Å²) in [7, 11) is 0. The number of benzene rings is 1. The fourth-order valence-corrected chi connectivity index (χ4v) is 3.25. The lowest BCUT2D eigenvalue weighted by molar-refractivity contribution is -0.0792. The third kappa shape index (κ3) is 1.32. The fourth-order valence-electron chi connectivity index (χ4n) is 1.98. The molecule has 2 N–H and O–H groups in total. The van der Waals surface area contributed by atoms with Gasteiger partial charge in [0.15, 0.2) is 0 Å².